The zero-order valence-corrected chi connectivity index (χ0v) is 10.8. The highest BCUT2D eigenvalue weighted by Crippen LogP contribution is 2.39. The molecule has 0 spiro atoms. The van der Waals surface area contributed by atoms with Crippen molar-refractivity contribution in [1.82, 2.24) is 0 Å². The number of rotatable bonds is 5. The zero-order valence-electron chi connectivity index (χ0n) is 9.95. The van der Waals surface area contributed by atoms with E-state index in [9.17, 15) is 20.3 Å². The van der Waals surface area contributed by atoms with E-state index in [1.165, 1.54) is 17.4 Å². The summed E-state index contributed by atoms with van der Waals surface area (Å²) in [7, 11) is 1.68. The minimum atomic E-state index is -0.729. The van der Waals surface area contributed by atoms with Crippen LogP contribution in [0.15, 0.2) is 6.07 Å². The monoisotopic (exact) mass is 260 g/mol. The van der Waals surface area contributed by atoms with Gasteiger partial charge in [0, 0.05) is 24.5 Å². The van der Waals surface area contributed by atoms with E-state index in [1.807, 2.05) is 0 Å². The first-order chi connectivity index (χ1) is 7.82. The van der Waals surface area contributed by atoms with Gasteiger partial charge in [0.25, 0.3) is 0 Å². The lowest BCUT2D eigenvalue weighted by Gasteiger charge is -2.18. The number of anilines is 1. The van der Waals surface area contributed by atoms with Crippen molar-refractivity contribution in [2.45, 2.75) is 26.1 Å². The Morgan fingerprint density at radius 2 is 2.12 bits per heavy atom. The Morgan fingerprint density at radius 1 is 1.53 bits per heavy atom. The quantitative estimate of drug-likeness (QED) is 0.619. The number of nitro groups is 1. The lowest BCUT2D eigenvalue weighted by molar-refractivity contribution is -0.383. The Kier molecular flexibility index (Phi) is 4.44. The second kappa shape index (κ2) is 5.44. The second-order valence-electron chi connectivity index (χ2n) is 4.00. The molecule has 0 aromatic carbocycles. The molecule has 96 valence electrons. The molecule has 6 nitrogen and oxygen atoms in total. The summed E-state index contributed by atoms with van der Waals surface area (Å²) < 4.78 is 0. The fourth-order valence-corrected chi connectivity index (χ4v) is 2.51. The maximum absolute atomic E-state index is 10.9. The predicted octanol–water partition coefficient (Wildman–Crippen LogP) is 1.53. The van der Waals surface area contributed by atoms with Crippen molar-refractivity contribution in [2.75, 3.05) is 18.5 Å². The van der Waals surface area contributed by atoms with Gasteiger partial charge in [-0.25, -0.2) is 0 Å². The average molecular weight is 260 g/mol. The fraction of sp³-hybridized carbons (Fsp3) is 0.600. The van der Waals surface area contributed by atoms with Gasteiger partial charge in [0.2, 0.25) is 0 Å². The van der Waals surface area contributed by atoms with Crippen LogP contribution < -0.4 is 4.90 Å². The molecule has 2 atom stereocenters. The molecule has 0 saturated carbocycles. The first-order valence-corrected chi connectivity index (χ1v) is 6.00. The van der Waals surface area contributed by atoms with Crippen molar-refractivity contribution in [1.29, 1.82) is 0 Å². The Labute approximate surface area is 103 Å². The summed E-state index contributed by atoms with van der Waals surface area (Å²) >= 11 is 1.17. The summed E-state index contributed by atoms with van der Waals surface area (Å²) in [5, 5.41) is 30.0. The lowest BCUT2D eigenvalue weighted by Crippen LogP contribution is -2.26. The van der Waals surface area contributed by atoms with E-state index in [0.29, 0.717) is 16.4 Å². The van der Waals surface area contributed by atoms with Gasteiger partial charge < -0.3 is 15.1 Å². The summed E-state index contributed by atoms with van der Waals surface area (Å²) in [6.45, 7) is 3.49. The molecule has 0 saturated heterocycles. The molecule has 1 aromatic rings. The number of hydrogen-bond acceptors (Lipinski definition) is 6. The topological polar surface area (TPSA) is 86.8 Å². The van der Waals surface area contributed by atoms with Crippen LogP contribution in [-0.4, -0.2) is 34.8 Å². The number of likely N-dealkylation sites (N-methyl/N-ethyl adjacent to an activating group) is 1. The molecule has 0 aliphatic carbocycles. The average Bonchev–Trinajstić information content (AvgIpc) is 2.60. The Balaban J connectivity index is 3.07. The van der Waals surface area contributed by atoms with Crippen molar-refractivity contribution in [3.63, 3.8) is 0 Å². The number of nitrogens with zero attached hydrogens (tertiary/aromatic N) is 2. The van der Waals surface area contributed by atoms with Gasteiger partial charge in [-0.2, -0.15) is 0 Å². The minimum Gasteiger partial charge on any atom is -0.392 e. The van der Waals surface area contributed by atoms with Gasteiger partial charge in [-0.1, -0.05) is 0 Å². The van der Waals surface area contributed by atoms with Crippen LogP contribution in [0.5, 0.6) is 0 Å². The van der Waals surface area contributed by atoms with Crippen molar-refractivity contribution < 1.29 is 15.1 Å². The van der Waals surface area contributed by atoms with Gasteiger partial charge in [0.15, 0.2) is 5.00 Å². The SMILES string of the molecule is CC(O)CN(C)c1sc([C@@H](C)O)cc1[N+](=O)[O-]. The molecule has 1 heterocycles. The number of aliphatic hydroxyl groups is 2. The molecule has 0 amide bonds. The standard InChI is InChI=1S/C10H16N2O4S/c1-6(13)5-11(3)10-8(12(15)16)4-9(17-10)7(2)14/h4,6-7,13-14H,5H2,1-3H3/t6?,7-/m1/s1. The highest BCUT2D eigenvalue weighted by molar-refractivity contribution is 7.16. The molecule has 0 aliphatic heterocycles. The third-order valence-corrected chi connectivity index (χ3v) is 3.61. The molecular formula is C10H16N2O4S. The van der Waals surface area contributed by atoms with Gasteiger partial charge in [-0.3, -0.25) is 10.1 Å². The van der Waals surface area contributed by atoms with Crippen LogP contribution >= 0.6 is 11.3 Å². The predicted molar refractivity (Wildman–Crippen MR) is 66.6 cm³/mol. The number of thiophene rings is 1. The fourth-order valence-electron chi connectivity index (χ4n) is 1.48. The van der Waals surface area contributed by atoms with Gasteiger partial charge in [0.05, 0.1) is 17.1 Å². The Morgan fingerprint density at radius 3 is 2.53 bits per heavy atom. The maximum Gasteiger partial charge on any atom is 0.304 e. The summed E-state index contributed by atoms with van der Waals surface area (Å²) in [5.41, 5.74) is -0.0333. The van der Waals surface area contributed by atoms with Crippen molar-refractivity contribution in [3.05, 3.63) is 21.1 Å². The van der Waals surface area contributed by atoms with E-state index in [-0.39, 0.29) is 5.69 Å². The van der Waals surface area contributed by atoms with E-state index >= 15 is 0 Å². The van der Waals surface area contributed by atoms with Crippen LogP contribution in [0, 0.1) is 10.1 Å². The molecule has 0 bridgehead atoms. The summed E-state index contributed by atoms with van der Waals surface area (Å²) in [6.07, 6.45) is -1.30. The maximum atomic E-state index is 10.9. The Bertz CT molecular complexity index is 403. The van der Waals surface area contributed by atoms with Gasteiger partial charge in [-0.15, -0.1) is 11.3 Å². The molecule has 17 heavy (non-hydrogen) atoms. The highest BCUT2D eigenvalue weighted by atomic mass is 32.1. The smallest absolute Gasteiger partial charge is 0.304 e. The molecule has 7 heteroatoms. The first-order valence-electron chi connectivity index (χ1n) is 5.18. The van der Waals surface area contributed by atoms with Gasteiger partial charge in [0.1, 0.15) is 0 Å². The third kappa shape index (κ3) is 3.39. The molecule has 0 radical (unpaired) electrons. The largest absolute Gasteiger partial charge is 0.392 e. The van der Waals surface area contributed by atoms with E-state index in [4.69, 9.17) is 0 Å². The number of hydrogen-bond donors (Lipinski definition) is 2. The molecule has 2 N–H and O–H groups in total. The minimum absolute atomic E-state index is 0.0333. The van der Waals surface area contributed by atoms with E-state index in [0.717, 1.165) is 0 Å². The van der Waals surface area contributed by atoms with Gasteiger partial charge >= 0.3 is 5.69 Å². The normalized spacial score (nSPS) is 14.4. The van der Waals surface area contributed by atoms with Crippen LogP contribution in [0.2, 0.25) is 0 Å². The molecule has 1 unspecified atom stereocenters. The molecular weight excluding hydrogens is 244 g/mol. The molecule has 1 aromatic heterocycles. The molecule has 1 rings (SSSR count). The van der Waals surface area contributed by atoms with Crippen molar-refractivity contribution in [2.24, 2.45) is 0 Å². The van der Waals surface area contributed by atoms with Crippen molar-refractivity contribution >= 4 is 22.0 Å². The summed E-state index contributed by atoms with van der Waals surface area (Å²) in [6, 6.07) is 1.38. The molecule has 0 aliphatic rings. The van der Waals surface area contributed by atoms with Crippen molar-refractivity contribution in [3.8, 4) is 0 Å². The lowest BCUT2D eigenvalue weighted by atomic mass is 10.3. The highest BCUT2D eigenvalue weighted by Gasteiger charge is 2.24. The summed E-state index contributed by atoms with van der Waals surface area (Å²) in [5.74, 6) is 0. The van der Waals surface area contributed by atoms with Gasteiger partial charge in [-0.05, 0) is 13.8 Å². The summed E-state index contributed by atoms with van der Waals surface area (Å²) in [4.78, 5) is 12.6. The van der Waals surface area contributed by atoms with Crippen LogP contribution in [-0.2, 0) is 0 Å². The van der Waals surface area contributed by atoms with Crippen LogP contribution in [0.4, 0.5) is 10.7 Å². The first kappa shape index (κ1) is 13.9. The van der Waals surface area contributed by atoms with E-state index < -0.39 is 17.1 Å². The van der Waals surface area contributed by atoms with E-state index in [2.05, 4.69) is 0 Å². The van der Waals surface area contributed by atoms with E-state index in [1.54, 1.807) is 25.8 Å². The zero-order chi connectivity index (χ0) is 13.2. The van der Waals surface area contributed by atoms with Crippen LogP contribution in [0.25, 0.3) is 0 Å². The third-order valence-electron chi connectivity index (χ3n) is 2.21. The molecule has 0 fully saturated rings. The Hall–Kier alpha value is -1.18. The van der Waals surface area contributed by atoms with Crippen LogP contribution in [0.3, 0.4) is 0 Å². The van der Waals surface area contributed by atoms with Crippen LogP contribution in [0.1, 0.15) is 24.8 Å². The number of aliphatic hydroxyl groups excluding tert-OH is 2. The second-order valence-corrected chi connectivity index (χ2v) is 5.06.